The predicted octanol–water partition coefficient (Wildman–Crippen LogP) is 4.48. The fraction of sp³-hybridized carbons (Fsp3) is 0.143. The highest BCUT2D eigenvalue weighted by atomic mass is 35.5. The third-order valence-electron chi connectivity index (χ3n) is 2.77. The topological polar surface area (TPSA) is 26.0 Å². The first-order chi connectivity index (χ1) is 8.91. The van der Waals surface area contributed by atoms with Crippen molar-refractivity contribution >= 4 is 11.6 Å². The molecule has 2 N–H and O–H groups in total. The average molecular weight is 286 g/mol. The summed E-state index contributed by atoms with van der Waals surface area (Å²) in [5.74, 6) is 0. The van der Waals surface area contributed by atoms with Crippen LogP contribution in [-0.2, 0) is 12.7 Å². The van der Waals surface area contributed by atoms with Crippen LogP contribution in [0.1, 0.15) is 11.1 Å². The van der Waals surface area contributed by atoms with Crippen LogP contribution in [0.2, 0.25) is 5.02 Å². The number of hydrogen-bond acceptors (Lipinski definition) is 1. The summed E-state index contributed by atoms with van der Waals surface area (Å²) in [5, 5.41) is 0.280. The molecule has 0 heterocycles. The van der Waals surface area contributed by atoms with Crippen LogP contribution in [0, 0.1) is 0 Å². The van der Waals surface area contributed by atoms with Crippen LogP contribution in [0.25, 0.3) is 11.1 Å². The molecule has 1 nitrogen and oxygen atoms in total. The second kappa shape index (κ2) is 5.23. The van der Waals surface area contributed by atoms with Gasteiger partial charge in [0.15, 0.2) is 0 Å². The van der Waals surface area contributed by atoms with Gasteiger partial charge in [-0.25, -0.2) is 0 Å². The van der Waals surface area contributed by atoms with Crippen LogP contribution < -0.4 is 5.73 Å². The zero-order chi connectivity index (χ0) is 14.0. The standard InChI is InChI=1S/C14H11ClF3N/c15-13-5-4-11(14(16,17)18)7-12(13)10-3-1-2-9(6-10)8-19/h1-7H,8,19H2. The Morgan fingerprint density at radius 3 is 2.42 bits per heavy atom. The van der Waals surface area contributed by atoms with Gasteiger partial charge in [-0.1, -0.05) is 29.8 Å². The van der Waals surface area contributed by atoms with E-state index in [1.165, 1.54) is 6.07 Å². The highest BCUT2D eigenvalue weighted by Crippen LogP contribution is 2.36. The van der Waals surface area contributed by atoms with E-state index in [1.807, 2.05) is 6.07 Å². The molecular formula is C14H11ClF3N. The van der Waals surface area contributed by atoms with Crippen molar-refractivity contribution in [3.8, 4) is 11.1 Å². The van der Waals surface area contributed by atoms with E-state index in [9.17, 15) is 13.2 Å². The summed E-state index contributed by atoms with van der Waals surface area (Å²) >= 11 is 5.98. The minimum absolute atomic E-state index is 0.280. The molecule has 0 amide bonds. The summed E-state index contributed by atoms with van der Waals surface area (Å²) in [6.07, 6.45) is -4.38. The van der Waals surface area contributed by atoms with Crippen molar-refractivity contribution < 1.29 is 13.2 Å². The SMILES string of the molecule is NCc1cccc(-c2cc(C(F)(F)F)ccc2Cl)c1. The fourth-order valence-electron chi connectivity index (χ4n) is 1.79. The summed E-state index contributed by atoms with van der Waals surface area (Å²) in [5.41, 5.74) is 6.62. The second-order valence-electron chi connectivity index (χ2n) is 4.10. The Balaban J connectivity index is 2.54. The molecule has 0 bridgehead atoms. The van der Waals surface area contributed by atoms with E-state index in [-0.39, 0.29) is 5.02 Å². The number of hydrogen-bond donors (Lipinski definition) is 1. The molecule has 0 aliphatic rings. The lowest BCUT2D eigenvalue weighted by Gasteiger charge is -2.11. The van der Waals surface area contributed by atoms with Crippen molar-refractivity contribution in [3.63, 3.8) is 0 Å². The number of rotatable bonds is 2. The summed E-state index contributed by atoms with van der Waals surface area (Å²) in [7, 11) is 0. The Morgan fingerprint density at radius 1 is 1.05 bits per heavy atom. The largest absolute Gasteiger partial charge is 0.416 e. The third-order valence-corrected chi connectivity index (χ3v) is 3.10. The molecule has 0 saturated carbocycles. The van der Waals surface area contributed by atoms with Gasteiger partial charge in [0.05, 0.1) is 5.56 Å². The molecule has 2 aromatic rings. The van der Waals surface area contributed by atoms with E-state index in [2.05, 4.69) is 0 Å². The Morgan fingerprint density at radius 2 is 1.79 bits per heavy atom. The molecule has 5 heteroatoms. The van der Waals surface area contributed by atoms with Crippen molar-refractivity contribution in [1.82, 2.24) is 0 Å². The van der Waals surface area contributed by atoms with Crippen molar-refractivity contribution in [2.45, 2.75) is 12.7 Å². The summed E-state index contributed by atoms with van der Waals surface area (Å²) < 4.78 is 38.1. The first kappa shape index (κ1) is 13.9. The Bertz CT molecular complexity index is 593. The smallest absolute Gasteiger partial charge is 0.326 e. The normalized spacial score (nSPS) is 11.6. The second-order valence-corrected chi connectivity index (χ2v) is 4.50. The first-order valence-electron chi connectivity index (χ1n) is 5.58. The number of benzene rings is 2. The van der Waals surface area contributed by atoms with E-state index in [0.29, 0.717) is 17.7 Å². The molecule has 2 aromatic carbocycles. The van der Waals surface area contributed by atoms with E-state index < -0.39 is 11.7 Å². The summed E-state index contributed by atoms with van der Waals surface area (Å²) in [4.78, 5) is 0. The molecule has 0 fully saturated rings. The van der Waals surface area contributed by atoms with E-state index in [4.69, 9.17) is 17.3 Å². The Kier molecular flexibility index (Phi) is 3.83. The van der Waals surface area contributed by atoms with Crippen molar-refractivity contribution in [1.29, 1.82) is 0 Å². The van der Waals surface area contributed by atoms with Crippen molar-refractivity contribution in [2.75, 3.05) is 0 Å². The lowest BCUT2D eigenvalue weighted by Crippen LogP contribution is -2.04. The van der Waals surface area contributed by atoms with Crippen LogP contribution in [0.15, 0.2) is 42.5 Å². The Labute approximate surface area is 113 Å². The van der Waals surface area contributed by atoms with Gasteiger partial charge in [0, 0.05) is 17.1 Å². The van der Waals surface area contributed by atoms with Crippen molar-refractivity contribution in [2.24, 2.45) is 5.73 Å². The summed E-state index contributed by atoms with van der Waals surface area (Å²) in [6.45, 7) is 0.324. The lowest BCUT2D eigenvalue weighted by atomic mass is 10.0. The minimum atomic E-state index is -4.38. The molecular weight excluding hydrogens is 275 g/mol. The fourth-order valence-corrected chi connectivity index (χ4v) is 2.02. The molecule has 0 saturated heterocycles. The van der Waals surface area contributed by atoms with Crippen LogP contribution in [0.4, 0.5) is 13.2 Å². The molecule has 0 radical (unpaired) electrons. The lowest BCUT2D eigenvalue weighted by molar-refractivity contribution is -0.137. The van der Waals surface area contributed by atoms with Gasteiger partial charge >= 0.3 is 6.18 Å². The molecule has 2 rings (SSSR count). The first-order valence-corrected chi connectivity index (χ1v) is 5.96. The van der Waals surface area contributed by atoms with Gasteiger partial charge in [-0.3, -0.25) is 0 Å². The molecule has 0 unspecified atom stereocenters. The van der Waals surface area contributed by atoms with Gasteiger partial charge in [0.25, 0.3) is 0 Å². The van der Waals surface area contributed by atoms with E-state index in [0.717, 1.165) is 17.7 Å². The maximum atomic E-state index is 12.7. The zero-order valence-corrected chi connectivity index (χ0v) is 10.6. The van der Waals surface area contributed by atoms with Gasteiger partial charge in [0.1, 0.15) is 0 Å². The van der Waals surface area contributed by atoms with E-state index in [1.54, 1.807) is 18.2 Å². The molecule has 19 heavy (non-hydrogen) atoms. The number of alkyl halides is 3. The quantitative estimate of drug-likeness (QED) is 0.865. The molecule has 0 spiro atoms. The number of nitrogens with two attached hydrogens (primary N) is 1. The molecule has 0 aliphatic carbocycles. The van der Waals surface area contributed by atoms with Gasteiger partial charge in [-0.2, -0.15) is 13.2 Å². The molecule has 100 valence electrons. The van der Waals surface area contributed by atoms with Crippen LogP contribution >= 0.6 is 11.6 Å². The average Bonchev–Trinajstić information content (AvgIpc) is 2.38. The van der Waals surface area contributed by atoms with Gasteiger partial charge in [-0.05, 0) is 35.4 Å². The molecule has 0 aromatic heterocycles. The minimum Gasteiger partial charge on any atom is -0.326 e. The molecule has 0 atom stereocenters. The van der Waals surface area contributed by atoms with E-state index >= 15 is 0 Å². The Hall–Kier alpha value is -1.52. The van der Waals surface area contributed by atoms with Crippen LogP contribution in [0.5, 0.6) is 0 Å². The van der Waals surface area contributed by atoms with Crippen LogP contribution in [0.3, 0.4) is 0 Å². The monoisotopic (exact) mass is 285 g/mol. The maximum absolute atomic E-state index is 12.7. The van der Waals surface area contributed by atoms with Crippen molar-refractivity contribution in [3.05, 3.63) is 58.6 Å². The van der Waals surface area contributed by atoms with Gasteiger partial charge in [0.2, 0.25) is 0 Å². The number of halogens is 4. The highest BCUT2D eigenvalue weighted by molar-refractivity contribution is 6.33. The molecule has 0 aliphatic heterocycles. The summed E-state index contributed by atoms with van der Waals surface area (Å²) in [6, 6.07) is 10.3. The zero-order valence-electron chi connectivity index (χ0n) is 9.84. The van der Waals surface area contributed by atoms with Gasteiger partial charge in [-0.15, -0.1) is 0 Å². The predicted molar refractivity (Wildman–Crippen MR) is 69.8 cm³/mol. The maximum Gasteiger partial charge on any atom is 0.416 e. The highest BCUT2D eigenvalue weighted by Gasteiger charge is 2.31. The third kappa shape index (κ3) is 3.08. The van der Waals surface area contributed by atoms with Crippen LogP contribution in [-0.4, -0.2) is 0 Å². The van der Waals surface area contributed by atoms with Gasteiger partial charge < -0.3 is 5.73 Å².